The maximum absolute atomic E-state index is 12.3. The molecule has 0 fully saturated rings. The molecule has 0 aliphatic heterocycles. The number of nitrogens with one attached hydrogen (secondary N) is 1. The third kappa shape index (κ3) is 5.24. The van der Waals surface area contributed by atoms with Gasteiger partial charge in [0, 0.05) is 31.4 Å². The van der Waals surface area contributed by atoms with Crippen molar-refractivity contribution in [1.82, 2.24) is 0 Å². The Morgan fingerprint density at radius 1 is 1.00 bits per heavy atom. The Balaban J connectivity index is 1.68. The fourth-order valence-electron chi connectivity index (χ4n) is 3.04. The average Bonchev–Trinajstić information content (AvgIpc) is 2.78. The minimum Gasteiger partial charge on any atom is -0.452 e. The van der Waals surface area contributed by atoms with Crippen LogP contribution in [0, 0.1) is 10.1 Å². The van der Waals surface area contributed by atoms with Crippen LogP contribution in [0.15, 0.2) is 72.8 Å². The zero-order valence-electron chi connectivity index (χ0n) is 17.1. The standard InChI is InChI=1S/C23H21N3O5/c1-25(2)20-13-12-17(14-21(20)26(29)30)23(28)31-15-22(27)24-19-11-7-6-10-18(19)16-8-4-3-5-9-16/h3-14H,15H2,1-2H3,(H,24,27). The largest absolute Gasteiger partial charge is 0.452 e. The van der Waals surface area contributed by atoms with Gasteiger partial charge in [-0.2, -0.15) is 0 Å². The summed E-state index contributed by atoms with van der Waals surface area (Å²) in [5, 5.41) is 14.0. The molecule has 0 aliphatic rings. The molecule has 3 rings (SSSR count). The molecule has 1 amide bonds. The van der Waals surface area contributed by atoms with Gasteiger partial charge in [0.2, 0.25) is 0 Å². The van der Waals surface area contributed by atoms with Crippen LogP contribution < -0.4 is 10.2 Å². The molecule has 8 nitrogen and oxygen atoms in total. The fourth-order valence-corrected chi connectivity index (χ4v) is 3.04. The van der Waals surface area contributed by atoms with Gasteiger partial charge >= 0.3 is 5.97 Å². The zero-order valence-corrected chi connectivity index (χ0v) is 17.1. The molecule has 0 saturated heterocycles. The fraction of sp³-hybridized carbons (Fsp3) is 0.130. The van der Waals surface area contributed by atoms with Gasteiger partial charge in [0.15, 0.2) is 6.61 Å². The molecular formula is C23H21N3O5. The van der Waals surface area contributed by atoms with Crippen LogP contribution in [-0.2, 0) is 9.53 Å². The lowest BCUT2D eigenvalue weighted by Crippen LogP contribution is -2.21. The highest BCUT2D eigenvalue weighted by molar-refractivity contribution is 5.98. The average molecular weight is 419 g/mol. The molecule has 0 saturated carbocycles. The highest BCUT2D eigenvalue weighted by atomic mass is 16.6. The van der Waals surface area contributed by atoms with Crippen molar-refractivity contribution in [2.24, 2.45) is 0 Å². The number of carbonyl (C=O) groups excluding carboxylic acids is 2. The Bertz CT molecular complexity index is 1110. The number of nitro groups is 1. The monoisotopic (exact) mass is 419 g/mol. The SMILES string of the molecule is CN(C)c1ccc(C(=O)OCC(=O)Nc2ccccc2-c2ccccc2)cc1[N+](=O)[O-]. The number of nitro benzene ring substituents is 1. The maximum atomic E-state index is 12.3. The molecule has 0 spiro atoms. The van der Waals surface area contributed by atoms with Crippen molar-refractivity contribution in [2.75, 3.05) is 30.9 Å². The molecule has 3 aromatic rings. The van der Waals surface area contributed by atoms with Crippen molar-refractivity contribution >= 4 is 28.9 Å². The Morgan fingerprint density at radius 3 is 2.35 bits per heavy atom. The van der Waals surface area contributed by atoms with E-state index in [1.54, 1.807) is 31.1 Å². The van der Waals surface area contributed by atoms with Crippen molar-refractivity contribution in [2.45, 2.75) is 0 Å². The second-order valence-corrected chi connectivity index (χ2v) is 6.89. The van der Waals surface area contributed by atoms with Crippen molar-refractivity contribution in [3.8, 4) is 11.1 Å². The third-order valence-electron chi connectivity index (χ3n) is 4.51. The molecule has 1 N–H and O–H groups in total. The first-order valence-electron chi connectivity index (χ1n) is 9.44. The number of rotatable bonds is 7. The van der Waals surface area contributed by atoms with E-state index in [-0.39, 0.29) is 11.3 Å². The van der Waals surface area contributed by atoms with Crippen LogP contribution in [-0.4, -0.2) is 37.5 Å². The summed E-state index contributed by atoms with van der Waals surface area (Å²) in [7, 11) is 3.33. The summed E-state index contributed by atoms with van der Waals surface area (Å²) >= 11 is 0. The first-order valence-corrected chi connectivity index (χ1v) is 9.44. The van der Waals surface area contributed by atoms with E-state index < -0.39 is 23.4 Å². The predicted molar refractivity (Wildman–Crippen MR) is 118 cm³/mol. The summed E-state index contributed by atoms with van der Waals surface area (Å²) in [4.78, 5) is 36.9. The van der Waals surface area contributed by atoms with E-state index in [4.69, 9.17) is 4.74 Å². The van der Waals surface area contributed by atoms with E-state index in [2.05, 4.69) is 5.32 Å². The Hall–Kier alpha value is -4.20. The molecule has 0 aliphatic carbocycles. The normalized spacial score (nSPS) is 10.3. The van der Waals surface area contributed by atoms with Crippen LogP contribution >= 0.6 is 0 Å². The van der Waals surface area contributed by atoms with Crippen LogP contribution in [0.2, 0.25) is 0 Å². The summed E-state index contributed by atoms with van der Waals surface area (Å²) in [5.74, 6) is -1.34. The van der Waals surface area contributed by atoms with Crippen molar-refractivity contribution in [3.05, 3.63) is 88.5 Å². The van der Waals surface area contributed by atoms with E-state index in [9.17, 15) is 19.7 Å². The van der Waals surface area contributed by atoms with Gasteiger partial charge in [-0.1, -0.05) is 48.5 Å². The highest BCUT2D eigenvalue weighted by Gasteiger charge is 2.20. The van der Waals surface area contributed by atoms with Gasteiger partial charge in [-0.3, -0.25) is 14.9 Å². The predicted octanol–water partition coefficient (Wildman–Crippen LogP) is 4.12. The molecule has 3 aromatic carbocycles. The van der Waals surface area contributed by atoms with Crippen molar-refractivity contribution in [1.29, 1.82) is 0 Å². The molecule has 158 valence electrons. The highest BCUT2D eigenvalue weighted by Crippen LogP contribution is 2.29. The summed E-state index contributed by atoms with van der Waals surface area (Å²) in [6.07, 6.45) is 0. The summed E-state index contributed by atoms with van der Waals surface area (Å²) in [5.41, 5.74) is 2.48. The van der Waals surface area contributed by atoms with Gasteiger partial charge in [0.25, 0.3) is 11.6 Å². The van der Waals surface area contributed by atoms with Gasteiger partial charge in [-0.15, -0.1) is 0 Å². The van der Waals surface area contributed by atoms with Crippen LogP contribution in [0.4, 0.5) is 17.1 Å². The lowest BCUT2D eigenvalue weighted by molar-refractivity contribution is -0.384. The number of anilines is 2. The van der Waals surface area contributed by atoms with Crippen LogP contribution in [0.1, 0.15) is 10.4 Å². The number of amides is 1. The summed E-state index contributed by atoms with van der Waals surface area (Å²) < 4.78 is 5.06. The molecule has 0 atom stereocenters. The van der Waals surface area contributed by atoms with Gasteiger partial charge < -0.3 is 15.0 Å². The van der Waals surface area contributed by atoms with Gasteiger partial charge in [0.05, 0.1) is 10.5 Å². The number of carbonyl (C=O) groups is 2. The van der Waals surface area contributed by atoms with Crippen LogP contribution in [0.3, 0.4) is 0 Å². The number of hydrogen-bond donors (Lipinski definition) is 1. The first-order chi connectivity index (χ1) is 14.9. The number of benzene rings is 3. The van der Waals surface area contributed by atoms with Crippen LogP contribution in [0.25, 0.3) is 11.1 Å². The second kappa shape index (κ2) is 9.53. The van der Waals surface area contributed by atoms with Gasteiger partial charge in [0.1, 0.15) is 5.69 Å². The third-order valence-corrected chi connectivity index (χ3v) is 4.51. The number of hydrogen-bond acceptors (Lipinski definition) is 6. The molecule has 0 bridgehead atoms. The smallest absolute Gasteiger partial charge is 0.338 e. The molecule has 31 heavy (non-hydrogen) atoms. The molecule has 0 unspecified atom stereocenters. The Morgan fingerprint density at radius 2 is 1.68 bits per heavy atom. The van der Waals surface area contributed by atoms with Crippen molar-refractivity contribution in [3.63, 3.8) is 0 Å². The number of nitrogens with zero attached hydrogens (tertiary/aromatic N) is 2. The Labute approximate surface area is 179 Å². The van der Waals surface area contributed by atoms with E-state index in [0.29, 0.717) is 11.4 Å². The molecule has 0 aromatic heterocycles. The molecule has 0 radical (unpaired) electrons. The molecule has 8 heteroatoms. The van der Waals surface area contributed by atoms with E-state index >= 15 is 0 Å². The lowest BCUT2D eigenvalue weighted by Gasteiger charge is -2.13. The summed E-state index contributed by atoms with van der Waals surface area (Å²) in [6, 6.07) is 20.9. The zero-order chi connectivity index (χ0) is 22.4. The van der Waals surface area contributed by atoms with E-state index in [1.165, 1.54) is 12.1 Å². The van der Waals surface area contributed by atoms with Gasteiger partial charge in [-0.05, 0) is 23.8 Å². The quantitative estimate of drug-likeness (QED) is 0.351. The van der Waals surface area contributed by atoms with E-state index in [0.717, 1.165) is 17.2 Å². The number of para-hydroxylation sites is 1. The van der Waals surface area contributed by atoms with Gasteiger partial charge in [-0.25, -0.2) is 4.79 Å². The van der Waals surface area contributed by atoms with Crippen molar-refractivity contribution < 1.29 is 19.2 Å². The number of ether oxygens (including phenoxy) is 1. The lowest BCUT2D eigenvalue weighted by atomic mass is 10.0. The Kier molecular flexibility index (Phi) is 6.61. The minimum atomic E-state index is -0.820. The maximum Gasteiger partial charge on any atom is 0.338 e. The van der Waals surface area contributed by atoms with Crippen LogP contribution in [0.5, 0.6) is 0 Å². The second-order valence-electron chi connectivity index (χ2n) is 6.89. The molecular weight excluding hydrogens is 398 g/mol. The summed E-state index contributed by atoms with van der Waals surface area (Å²) in [6.45, 7) is -0.523. The van der Waals surface area contributed by atoms with E-state index in [1.807, 2.05) is 42.5 Å². The topological polar surface area (TPSA) is 102 Å². The first kappa shape index (κ1) is 21.5. The number of esters is 1. The minimum absolute atomic E-state index is 0.00483. The molecule has 0 heterocycles.